The average Bonchev–Trinajstić information content (AvgIpc) is 3.18. The molecule has 0 spiro atoms. The second kappa shape index (κ2) is 5.59. The van der Waals surface area contributed by atoms with Crippen molar-refractivity contribution in [2.75, 3.05) is 6.54 Å². The lowest BCUT2D eigenvalue weighted by molar-refractivity contribution is 0.0692. The van der Waals surface area contributed by atoms with Crippen molar-refractivity contribution >= 4 is 5.91 Å². The minimum Gasteiger partial charge on any atom is -0.361 e. The fraction of sp³-hybridized carbons (Fsp3) is 0.562. The number of rotatable bonds is 3. The van der Waals surface area contributed by atoms with Crippen LogP contribution in [0, 0.1) is 13.8 Å². The maximum absolute atomic E-state index is 12.8. The van der Waals surface area contributed by atoms with Gasteiger partial charge >= 0.3 is 0 Å². The van der Waals surface area contributed by atoms with Gasteiger partial charge in [0.15, 0.2) is 0 Å². The predicted molar refractivity (Wildman–Crippen MR) is 79.6 cm³/mol. The number of hydrogen-bond acceptors (Lipinski definition) is 5. The summed E-state index contributed by atoms with van der Waals surface area (Å²) in [5.41, 5.74) is 2.67. The standard InChI is InChI=1S/C16H21N3O3/c1-9(2)12-8-14(22-18-12)16(20)19-7-5-6-13(19)15-10(3)17-21-11(15)4/h8-9,13H,5-7H2,1-4H3. The topological polar surface area (TPSA) is 72.4 Å². The van der Waals surface area contributed by atoms with Crippen molar-refractivity contribution in [3.05, 3.63) is 34.5 Å². The van der Waals surface area contributed by atoms with Crippen LogP contribution in [0.4, 0.5) is 0 Å². The van der Waals surface area contributed by atoms with E-state index in [0.717, 1.165) is 35.6 Å². The molecule has 6 nitrogen and oxygen atoms in total. The minimum atomic E-state index is -0.109. The van der Waals surface area contributed by atoms with Crippen molar-refractivity contribution < 1.29 is 13.8 Å². The first-order valence-corrected chi connectivity index (χ1v) is 7.69. The van der Waals surface area contributed by atoms with Gasteiger partial charge in [-0.3, -0.25) is 4.79 Å². The van der Waals surface area contributed by atoms with E-state index < -0.39 is 0 Å². The highest BCUT2D eigenvalue weighted by atomic mass is 16.5. The molecular weight excluding hydrogens is 282 g/mol. The van der Waals surface area contributed by atoms with E-state index in [1.807, 2.05) is 32.6 Å². The highest BCUT2D eigenvalue weighted by Crippen LogP contribution is 2.36. The fourth-order valence-electron chi connectivity index (χ4n) is 3.08. The Morgan fingerprint density at radius 1 is 1.32 bits per heavy atom. The zero-order chi connectivity index (χ0) is 15.9. The van der Waals surface area contributed by atoms with Gasteiger partial charge in [-0.05, 0) is 32.6 Å². The summed E-state index contributed by atoms with van der Waals surface area (Å²) in [4.78, 5) is 14.6. The molecule has 0 aromatic carbocycles. The molecule has 1 amide bonds. The zero-order valence-corrected chi connectivity index (χ0v) is 13.4. The van der Waals surface area contributed by atoms with E-state index in [9.17, 15) is 4.79 Å². The number of likely N-dealkylation sites (tertiary alicyclic amines) is 1. The first kappa shape index (κ1) is 14.8. The minimum absolute atomic E-state index is 0.00588. The van der Waals surface area contributed by atoms with Gasteiger partial charge in [0.2, 0.25) is 5.76 Å². The monoisotopic (exact) mass is 303 g/mol. The number of nitrogens with zero attached hydrogens (tertiary/aromatic N) is 3. The van der Waals surface area contributed by atoms with Gasteiger partial charge in [-0.15, -0.1) is 0 Å². The Bertz CT molecular complexity index is 667. The number of aryl methyl sites for hydroxylation is 2. The summed E-state index contributed by atoms with van der Waals surface area (Å²) in [6, 6.07) is 1.75. The van der Waals surface area contributed by atoms with Crippen LogP contribution in [0.2, 0.25) is 0 Å². The van der Waals surface area contributed by atoms with E-state index >= 15 is 0 Å². The number of carbonyl (C=O) groups excluding carboxylic acids is 1. The van der Waals surface area contributed by atoms with E-state index in [0.29, 0.717) is 12.3 Å². The van der Waals surface area contributed by atoms with Crippen LogP contribution >= 0.6 is 0 Å². The lowest BCUT2D eigenvalue weighted by atomic mass is 10.0. The van der Waals surface area contributed by atoms with Crippen LogP contribution in [0.1, 0.15) is 71.9 Å². The highest BCUT2D eigenvalue weighted by Gasteiger charge is 2.35. The summed E-state index contributed by atoms with van der Waals surface area (Å²) in [5.74, 6) is 1.22. The maximum atomic E-state index is 12.8. The van der Waals surface area contributed by atoms with Crippen LogP contribution in [0.3, 0.4) is 0 Å². The third kappa shape index (κ3) is 2.42. The van der Waals surface area contributed by atoms with E-state index in [-0.39, 0.29) is 17.9 Å². The SMILES string of the molecule is Cc1noc(C)c1C1CCCN1C(=O)c1cc(C(C)C)no1. The molecule has 2 aromatic heterocycles. The molecule has 6 heteroatoms. The lowest BCUT2D eigenvalue weighted by Gasteiger charge is -2.23. The van der Waals surface area contributed by atoms with Crippen molar-refractivity contribution in [3.8, 4) is 0 Å². The first-order valence-electron chi connectivity index (χ1n) is 7.69. The molecule has 1 fully saturated rings. The summed E-state index contributed by atoms with van der Waals surface area (Å²) in [6.45, 7) is 8.56. The molecule has 1 saturated heterocycles. The number of hydrogen-bond donors (Lipinski definition) is 0. The van der Waals surface area contributed by atoms with Crippen LogP contribution in [-0.2, 0) is 0 Å². The third-order valence-electron chi connectivity index (χ3n) is 4.27. The molecule has 1 aliphatic rings. The molecule has 3 rings (SSSR count). The Morgan fingerprint density at radius 3 is 2.68 bits per heavy atom. The zero-order valence-electron chi connectivity index (χ0n) is 13.4. The summed E-state index contributed by atoms with van der Waals surface area (Å²) < 4.78 is 10.5. The second-order valence-corrected chi connectivity index (χ2v) is 6.17. The molecule has 2 aromatic rings. The maximum Gasteiger partial charge on any atom is 0.292 e. The van der Waals surface area contributed by atoms with Crippen LogP contribution in [0.15, 0.2) is 15.1 Å². The van der Waals surface area contributed by atoms with Gasteiger partial charge in [0.05, 0.1) is 17.4 Å². The van der Waals surface area contributed by atoms with Gasteiger partial charge in [0, 0.05) is 18.2 Å². The van der Waals surface area contributed by atoms with E-state index in [1.165, 1.54) is 0 Å². The average molecular weight is 303 g/mol. The van der Waals surface area contributed by atoms with Gasteiger partial charge in [-0.25, -0.2) is 0 Å². The molecule has 0 aliphatic carbocycles. The number of carbonyl (C=O) groups is 1. The molecular formula is C16H21N3O3. The van der Waals surface area contributed by atoms with Crippen LogP contribution < -0.4 is 0 Å². The molecule has 3 heterocycles. The third-order valence-corrected chi connectivity index (χ3v) is 4.27. The predicted octanol–water partition coefficient (Wildman–Crippen LogP) is 3.38. The van der Waals surface area contributed by atoms with E-state index in [2.05, 4.69) is 10.3 Å². The largest absolute Gasteiger partial charge is 0.361 e. The van der Waals surface area contributed by atoms with Crippen molar-refractivity contribution in [1.82, 2.24) is 15.2 Å². The normalized spacial score (nSPS) is 18.4. The van der Waals surface area contributed by atoms with Crippen LogP contribution in [-0.4, -0.2) is 27.7 Å². The van der Waals surface area contributed by atoms with Crippen molar-refractivity contribution in [1.29, 1.82) is 0 Å². The van der Waals surface area contributed by atoms with Crippen molar-refractivity contribution in [2.45, 2.75) is 52.5 Å². The molecule has 0 saturated carbocycles. The first-order chi connectivity index (χ1) is 10.5. The van der Waals surface area contributed by atoms with Crippen molar-refractivity contribution in [2.24, 2.45) is 0 Å². The van der Waals surface area contributed by atoms with Gasteiger partial charge in [0.25, 0.3) is 5.91 Å². The Labute approximate surface area is 129 Å². The second-order valence-electron chi connectivity index (χ2n) is 6.17. The molecule has 1 unspecified atom stereocenters. The summed E-state index contributed by atoms with van der Waals surface area (Å²) in [7, 11) is 0. The molecule has 1 aliphatic heterocycles. The van der Waals surface area contributed by atoms with E-state index in [1.54, 1.807) is 6.07 Å². The highest BCUT2D eigenvalue weighted by molar-refractivity contribution is 5.92. The quantitative estimate of drug-likeness (QED) is 0.869. The molecule has 0 bridgehead atoms. The Morgan fingerprint density at radius 2 is 2.09 bits per heavy atom. The smallest absolute Gasteiger partial charge is 0.292 e. The molecule has 1 atom stereocenters. The fourth-order valence-corrected chi connectivity index (χ4v) is 3.08. The summed E-state index contributed by atoms with van der Waals surface area (Å²) >= 11 is 0. The van der Waals surface area contributed by atoms with Crippen LogP contribution in [0.25, 0.3) is 0 Å². The van der Waals surface area contributed by atoms with Gasteiger partial charge in [-0.1, -0.05) is 24.2 Å². The summed E-state index contributed by atoms with van der Waals surface area (Å²) in [6.07, 6.45) is 1.88. The Hall–Kier alpha value is -2.11. The number of aromatic nitrogens is 2. The van der Waals surface area contributed by atoms with E-state index in [4.69, 9.17) is 9.05 Å². The lowest BCUT2D eigenvalue weighted by Crippen LogP contribution is -2.30. The van der Waals surface area contributed by atoms with Crippen molar-refractivity contribution in [3.63, 3.8) is 0 Å². The Kier molecular flexibility index (Phi) is 3.76. The van der Waals surface area contributed by atoms with Crippen LogP contribution in [0.5, 0.6) is 0 Å². The van der Waals surface area contributed by atoms with Gasteiger partial charge in [0.1, 0.15) is 5.76 Å². The molecule has 22 heavy (non-hydrogen) atoms. The van der Waals surface area contributed by atoms with Gasteiger partial charge in [-0.2, -0.15) is 0 Å². The molecule has 118 valence electrons. The Balaban J connectivity index is 1.88. The molecule has 0 radical (unpaired) electrons. The number of amides is 1. The van der Waals surface area contributed by atoms with Gasteiger partial charge < -0.3 is 13.9 Å². The molecule has 0 N–H and O–H groups in total. The summed E-state index contributed by atoms with van der Waals surface area (Å²) in [5, 5.41) is 7.98.